The fourth-order valence-corrected chi connectivity index (χ4v) is 12.5. The van der Waals surface area contributed by atoms with Crippen molar-refractivity contribution in [2.24, 2.45) is 0 Å². The van der Waals surface area contributed by atoms with E-state index in [1.54, 1.807) is 0 Å². The van der Waals surface area contributed by atoms with Gasteiger partial charge in [-0.15, -0.1) is 0 Å². The van der Waals surface area contributed by atoms with Crippen molar-refractivity contribution in [1.29, 1.82) is 0 Å². The van der Waals surface area contributed by atoms with Crippen LogP contribution in [0.2, 0.25) is 0 Å². The predicted molar refractivity (Wildman–Crippen MR) is 350 cm³/mol. The zero-order valence-corrected chi connectivity index (χ0v) is 54.2. The fraction of sp³-hybridized carbons (Fsp3) is 0.986. The van der Waals surface area contributed by atoms with Crippen molar-refractivity contribution >= 4 is 5.91 Å². The van der Waals surface area contributed by atoms with Gasteiger partial charge in [0.15, 0.2) is 0 Å². The normalized spacial score (nSPS) is 12.5. The lowest BCUT2D eigenvalue weighted by Crippen LogP contribution is -2.45. The molecule has 3 N–H and O–H groups in total. The lowest BCUT2D eigenvalue weighted by atomic mass is 10.0. The molecular formula is C74H149NO3. The number of hydrogen-bond acceptors (Lipinski definition) is 3. The van der Waals surface area contributed by atoms with Crippen molar-refractivity contribution < 1.29 is 15.0 Å². The molecule has 2 unspecified atom stereocenters. The Kier molecular flexibility index (Phi) is 70.1. The maximum atomic E-state index is 12.6. The van der Waals surface area contributed by atoms with E-state index in [1.807, 2.05) is 0 Å². The highest BCUT2D eigenvalue weighted by Gasteiger charge is 2.20. The van der Waals surface area contributed by atoms with Gasteiger partial charge in [-0.3, -0.25) is 4.79 Å². The van der Waals surface area contributed by atoms with Crippen LogP contribution in [0.5, 0.6) is 0 Å². The minimum Gasteiger partial charge on any atom is -0.394 e. The highest BCUT2D eigenvalue weighted by molar-refractivity contribution is 5.76. The average Bonchev–Trinajstić information content (AvgIpc) is 3.44. The molecule has 4 heteroatoms. The number of hydrogen-bond donors (Lipinski definition) is 3. The molecule has 0 aromatic carbocycles. The van der Waals surface area contributed by atoms with Crippen LogP contribution in [0.15, 0.2) is 0 Å². The third-order valence-corrected chi connectivity index (χ3v) is 18.1. The van der Waals surface area contributed by atoms with Crippen LogP contribution in [0.1, 0.15) is 450 Å². The first kappa shape index (κ1) is 77.4. The Morgan fingerprint density at radius 1 is 0.256 bits per heavy atom. The molecular weight excluding hydrogens is 951 g/mol. The van der Waals surface area contributed by atoms with Crippen LogP contribution in [0.4, 0.5) is 0 Å². The largest absolute Gasteiger partial charge is 0.394 e. The number of unbranched alkanes of at least 4 members (excludes halogenated alkanes) is 64. The van der Waals surface area contributed by atoms with Gasteiger partial charge >= 0.3 is 0 Å². The molecule has 0 aromatic heterocycles. The molecule has 0 radical (unpaired) electrons. The lowest BCUT2D eigenvalue weighted by molar-refractivity contribution is -0.123. The molecule has 0 saturated heterocycles. The van der Waals surface area contributed by atoms with Gasteiger partial charge in [0.2, 0.25) is 5.91 Å². The van der Waals surface area contributed by atoms with Gasteiger partial charge in [-0.2, -0.15) is 0 Å². The van der Waals surface area contributed by atoms with E-state index < -0.39 is 12.1 Å². The second-order valence-corrected chi connectivity index (χ2v) is 26.1. The maximum Gasteiger partial charge on any atom is 0.220 e. The SMILES string of the molecule is CCCCCCCCCCCCCCCCCCCCCCCCCCCCCCCCCCCCCCCCCCCC(=O)NC(CO)C(O)CCCCCCCCCCCCCCCCCCCCCCCCCCC. The number of nitrogens with one attached hydrogen (secondary N) is 1. The molecule has 0 aliphatic heterocycles. The summed E-state index contributed by atoms with van der Waals surface area (Å²) >= 11 is 0. The first-order valence-electron chi connectivity index (χ1n) is 37.2. The topological polar surface area (TPSA) is 69.6 Å². The third kappa shape index (κ3) is 66.2. The molecule has 4 nitrogen and oxygen atoms in total. The van der Waals surface area contributed by atoms with E-state index in [0.717, 1.165) is 25.7 Å². The summed E-state index contributed by atoms with van der Waals surface area (Å²) in [5.41, 5.74) is 0. The Balaban J connectivity index is 3.32. The van der Waals surface area contributed by atoms with Gasteiger partial charge < -0.3 is 15.5 Å². The Labute approximate surface area is 493 Å². The maximum absolute atomic E-state index is 12.6. The van der Waals surface area contributed by atoms with Crippen LogP contribution in [-0.2, 0) is 4.79 Å². The highest BCUT2D eigenvalue weighted by atomic mass is 16.3. The zero-order chi connectivity index (χ0) is 56.2. The number of amides is 1. The van der Waals surface area contributed by atoms with E-state index in [0.29, 0.717) is 12.8 Å². The summed E-state index contributed by atoms with van der Waals surface area (Å²) in [7, 11) is 0. The molecule has 0 bridgehead atoms. The number of carbonyl (C=O) groups excluding carboxylic acids is 1. The van der Waals surface area contributed by atoms with Crippen molar-refractivity contribution in [3.63, 3.8) is 0 Å². The van der Waals surface area contributed by atoms with Gasteiger partial charge in [-0.25, -0.2) is 0 Å². The minimum atomic E-state index is -0.657. The van der Waals surface area contributed by atoms with E-state index in [4.69, 9.17) is 0 Å². The Bertz CT molecular complexity index is 1060. The van der Waals surface area contributed by atoms with Gasteiger partial charge in [0.1, 0.15) is 0 Å². The molecule has 0 fully saturated rings. The summed E-state index contributed by atoms with van der Waals surface area (Å²) in [5, 5.41) is 23.5. The summed E-state index contributed by atoms with van der Waals surface area (Å²) in [4.78, 5) is 12.6. The fourth-order valence-electron chi connectivity index (χ4n) is 12.5. The quantitative estimate of drug-likeness (QED) is 0.0532. The molecule has 78 heavy (non-hydrogen) atoms. The van der Waals surface area contributed by atoms with Crippen molar-refractivity contribution in [2.75, 3.05) is 6.61 Å². The summed E-state index contributed by atoms with van der Waals surface area (Å²) < 4.78 is 0. The molecule has 0 aromatic rings. The molecule has 2 atom stereocenters. The van der Waals surface area contributed by atoms with E-state index in [2.05, 4.69) is 19.2 Å². The van der Waals surface area contributed by atoms with Crippen LogP contribution in [0, 0.1) is 0 Å². The van der Waals surface area contributed by atoms with Crippen molar-refractivity contribution in [1.82, 2.24) is 5.32 Å². The Morgan fingerprint density at radius 2 is 0.410 bits per heavy atom. The summed E-state index contributed by atoms with van der Waals surface area (Å²) in [5.74, 6) is -0.0188. The molecule has 0 aliphatic rings. The van der Waals surface area contributed by atoms with Crippen molar-refractivity contribution in [3.8, 4) is 0 Å². The Morgan fingerprint density at radius 3 is 0.577 bits per heavy atom. The lowest BCUT2D eigenvalue weighted by Gasteiger charge is -2.22. The second-order valence-electron chi connectivity index (χ2n) is 26.1. The number of aliphatic hydroxyl groups is 2. The molecule has 468 valence electrons. The summed E-state index contributed by atoms with van der Waals surface area (Å²) in [6, 6.07) is -0.533. The zero-order valence-electron chi connectivity index (χ0n) is 54.2. The smallest absolute Gasteiger partial charge is 0.220 e. The average molecular weight is 1100 g/mol. The van der Waals surface area contributed by atoms with Crippen LogP contribution in [0.3, 0.4) is 0 Å². The molecule has 1 amide bonds. The molecule has 0 heterocycles. The van der Waals surface area contributed by atoms with Gasteiger partial charge in [-0.05, 0) is 12.8 Å². The van der Waals surface area contributed by atoms with Crippen molar-refractivity contribution in [3.05, 3.63) is 0 Å². The van der Waals surface area contributed by atoms with Gasteiger partial charge in [0, 0.05) is 6.42 Å². The first-order valence-corrected chi connectivity index (χ1v) is 37.2. The van der Waals surface area contributed by atoms with Crippen LogP contribution >= 0.6 is 0 Å². The molecule has 0 rings (SSSR count). The van der Waals surface area contributed by atoms with E-state index in [-0.39, 0.29) is 12.5 Å². The Hall–Kier alpha value is -0.610. The van der Waals surface area contributed by atoms with Gasteiger partial charge in [0.25, 0.3) is 0 Å². The minimum absolute atomic E-state index is 0.0188. The first-order chi connectivity index (χ1) is 38.7. The van der Waals surface area contributed by atoms with Gasteiger partial charge in [0.05, 0.1) is 18.8 Å². The highest BCUT2D eigenvalue weighted by Crippen LogP contribution is 2.21. The van der Waals surface area contributed by atoms with E-state index in [9.17, 15) is 15.0 Å². The monoisotopic (exact) mass is 1100 g/mol. The molecule has 0 aliphatic carbocycles. The molecule has 0 spiro atoms. The number of aliphatic hydroxyl groups excluding tert-OH is 2. The summed E-state index contributed by atoms with van der Waals surface area (Å²) in [6.07, 6.45) is 93.4. The standard InChI is InChI=1S/C74H149NO3/c1-3-5-7-9-11-13-15-17-19-21-23-25-27-29-30-31-32-33-34-35-36-37-38-39-40-41-42-43-44-46-48-50-52-54-56-58-60-62-64-66-68-70-74(78)75-72(71-76)73(77)69-67-65-63-61-59-57-55-53-51-49-47-45-28-26-24-22-20-18-16-14-12-10-8-6-4-2/h72-73,76-77H,3-71H2,1-2H3,(H,75,78). The van der Waals surface area contributed by atoms with E-state index in [1.165, 1.54) is 398 Å². The summed E-state index contributed by atoms with van der Waals surface area (Å²) in [6.45, 7) is 4.42. The van der Waals surface area contributed by atoms with Crippen LogP contribution in [-0.4, -0.2) is 34.9 Å². The van der Waals surface area contributed by atoms with Crippen LogP contribution < -0.4 is 5.32 Å². The number of carbonyl (C=O) groups is 1. The van der Waals surface area contributed by atoms with Gasteiger partial charge in [-0.1, -0.05) is 431 Å². The third-order valence-electron chi connectivity index (χ3n) is 18.1. The second kappa shape index (κ2) is 70.7. The van der Waals surface area contributed by atoms with Crippen LogP contribution in [0.25, 0.3) is 0 Å². The van der Waals surface area contributed by atoms with E-state index >= 15 is 0 Å². The predicted octanol–water partition coefficient (Wildman–Crippen LogP) is 25.4. The number of rotatable bonds is 71. The molecule has 0 saturated carbocycles. The van der Waals surface area contributed by atoms with Crippen molar-refractivity contribution in [2.45, 2.75) is 463 Å².